The molecule has 0 aliphatic rings. The molecule has 0 aliphatic heterocycles. The van der Waals surface area contributed by atoms with Gasteiger partial charge in [0.15, 0.2) is 0 Å². The van der Waals surface area contributed by atoms with E-state index in [0.717, 1.165) is 13.8 Å². The van der Waals surface area contributed by atoms with Gasteiger partial charge in [0.25, 0.3) is 0 Å². The molecule has 0 fully saturated rings. The summed E-state index contributed by atoms with van der Waals surface area (Å²) < 4.78 is 4.42. The monoisotopic (exact) mass is 161 g/mol. The molecular weight excluding hydrogens is 153 g/mol. The van der Waals surface area contributed by atoms with Crippen molar-refractivity contribution in [3.8, 4) is 0 Å². The maximum atomic E-state index is 8.89. The van der Waals surface area contributed by atoms with Crippen molar-refractivity contribution in [3.63, 3.8) is 0 Å². The molecule has 0 radical (unpaired) electrons. The van der Waals surface area contributed by atoms with Gasteiger partial charge in [-0.25, -0.2) is 0 Å². The van der Waals surface area contributed by atoms with E-state index >= 15 is 0 Å². The standard InChI is InChI=1S/2C2H4O2.Al.H2N/c2*1-2(3)4;;/h2*1H3,(H,3,4);;1H2/q;;+3;-1/p-2. The van der Waals surface area contributed by atoms with Crippen molar-refractivity contribution < 1.29 is 19.8 Å². The first-order valence-electron chi connectivity index (χ1n) is 2.15. The third-order valence-corrected chi connectivity index (χ3v) is 0. The average Bonchev–Trinajstić information content (AvgIpc) is 1.66. The maximum absolute atomic E-state index is 8.89. The molecule has 0 rings (SSSR count). The molecule has 0 aromatic carbocycles. The molecule has 0 spiro atoms. The predicted octanol–water partition coefficient (Wildman–Crippen LogP) is -3.46. The Morgan fingerprint density at radius 3 is 1.10 bits per heavy atom. The summed E-state index contributed by atoms with van der Waals surface area (Å²) in [4.78, 5) is 17.8. The number of carboxylic acid groups (broad SMARTS) is 2. The Morgan fingerprint density at radius 1 is 1.10 bits per heavy atom. The first-order valence-corrected chi connectivity index (χ1v) is 2.82. The Hall–Kier alpha value is -0.568. The summed E-state index contributed by atoms with van der Waals surface area (Å²) in [6.07, 6.45) is 0. The summed E-state index contributed by atoms with van der Waals surface area (Å²) in [5.74, 6) is -2.17. The first kappa shape index (κ1) is 16.2. The van der Waals surface area contributed by atoms with Gasteiger partial charge in [-0.1, -0.05) is 0 Å². The van der Waals surface area contributed by atoms with Crippen molar-refractivity contribution in [2.24, 2.45) is 4.72 Å². The summed E-state index contributed by atoms with van der Waals surface area (Å²) in [5, 5.41) is 17.8. The summed E-state index contributed by atoms with van der Waals surface area (Å²) in [6.45, 7) is 1.94. The van der Waals surface area contributed by atoms with E-state index in [2.05, 4.69) is 4.72 Å². The summed E-state index contributed by atoms with van der Waals surface area (Å²) >= 11 is 1.92. The van der Waals surface area contributed by atoms with E-state index in [0.29, 0.717) is 0 Å². The van der Waals surface area contributed by atoms with Crippen molar-refractivity contribution in [1.82, 2.24) is 0 Å². The van der Waals surface area contributed by atoms with Crippen molar-refractivity contribution in [2.45, 2.75) is 13.8 Å². The second-order valence-electron chi connectivity index (χ2n) is 0.983. The zero-order valence-corrected chi connectivity index (χ0v) is 6.94. The molecular formula is C4H8AlNO4. The molecule has 5 nitrogen and oxygen atoms in total. The quantitative estimate of drug-likeness (QED) is 0.371. The van der Waals surface area contributed by atoms with E-state index < -0.39 is 11.9 Å². The fraction of sp³-hybridized carbons (Fsp3) is 0.500. The fourth-order valence-electron chi connectivity index (χ4n) is 0. The molecule has 0 atom stereocenters. The second kappa shape index (κ2) is 15.8. The van der Waals surface area contributed by atoms with Crippen LogP contribution in [-0.2, 0) is 9.59 Å². The zero-order valence-electron chi connectivity index (χ0n) is 5.79. The fourth-order valence-corrected chi connectivity index (χ4v) is 0. The van der Waals surface area contributed by atoms with Crippen LogP contribution in [-0.4, -0.2) is 28.4 Å². The Labute approximate surface area is 67.5 Å². The molecule has 0 heterocycles. The molecule has 0 amide bonds. The van der Waals surface area contributed by atoms with Crippen LogP contribution in [0.15, 0.2) is 0 Å². The van der Waals surface area contributed by atoms with E-state index in [1.165, 1.54) is 0 Å². The Kier molecular flexibility index (Phi) is 25.6. The topological polar surface area (TPSA) is 106 Å². The predicted molar refractivity (Wildman–Crippen MR) is 31.3 cm³/mol. The number of carbonyl (C=O) groups is 2. The zero-order chi connectivity index (χ0) is 9.15. The molecule has 0 unspecified atom stereocenters. The van der Waals surface area contributed by atoms with Crippen LogP contribution in [0, 0.1) is 0 Å². The van der Waals surface area contributed by atoms with Crippen LogP contribution in [0.25, 0.3) is 0 Å². The van der Waals surface area contributed by atoms with Crippen LogP contribution in [0.4, 0.5) is 0 Å². The van der Waals surface area contributed by atoms with Gasteiger partial charge in [0.2, 0.25) is 0 Å². The van der Waals surface area contributed by atoms with Crippen molar-refractivity contribution in [2.75, 3.05) is 0 Å². The van der Waals surface area contributed by atoms with Gasteiger partial charge in [0, 0.05) is 11.9 Å². The number of carboxylic acids is 2. The van der Waals surface area contributed by atoms with Gasteiger partial charge in [0.05, 0.1) is 0 Å². The minimum absolute atomic E-state index is 0.972. The molecule has 0 saturated carbocycles. The van der Waals surface area contributed by atoms with E-state index in [9.17, 15) is 0 Å². The molecule has 0 aromatic rings. The van der Waals surface area contributed by atoms with Gasteiger partial charge < -0.3 is 19.8 Å². The molecule has 56 valence electrons. The van der Waals surface area contributed by atoms with Crippen LogP contribution in [0.1, 0.15) is 13.8 Å². The van der Waals surface area contributed by atoms with Crippen LogP contribution >= 0.6 is 0 Å². The van der Waals surface area contributed by atoms with E-state index in [1.807, 2.05) is 16.5 Å². The average molecular weight is 161 g/mol. The normalized spacial score (nSPS) is 5.70. The van der Waals surface area contributed by atoms with Crippen LogP contribution < -0.4 is 14.9 Å². The molecule has 6 heteroatoms. The summed E-state index contributed by atoms with van der Waals surface area (Å²) in [7, 11) is 0. The van der Waals surface area contributed by atoms with Gasteiger partial charge >= 0.3 is 21.2 Å². The van der Waals surface area contributed by atoms with E-state index in [-0.39, 0.29) is 0 Å². The molecule has 10 heavy (non-hydrogen) atoms. The third kappa shape index (κ3) is 955. The number of nitrogens with two attached hydrogens (primary N) is 1. The number of carbonyl (C=O) groups excluding carboxylic acids is 2. The minimum atomic E-state index is -1.08. The summed E-state index contributed by atoms with van der Waals surface area (Å²) in [5.41, 5.74) is 0. The number of hydrogen-bond donors (Lipinski definition) is 1. The summed E-state index contributed by atoms with van der Waals surface area (Å²) in [6, 6.07) is 0. The Balaban J connectivity index is -0.0000000787. The SMILES string of the molecule is CC(=O)[O-].CC(=O)[O-].[NH2][Al+2]. The van der Waals surface area contributed by atoms with E-state index in [4.69, 9.17) is 19.8 Å². The Bertz CT molecular complexity index is 75.3. The van der Waals surface area contributed by atoms with Crippen LogP contribution in [0.5, 0.6) is 0 Å². The second-order valence-corrected chi connectivity index (χ2v) is 0.983. The first-order chi connectivity index (χ1) is 4.46. The molecule has 0 saturated heterocycles. The molecule has 2 N–H and O–H groups in total. The third-order valence-electron chi connectivity index (χ3n) is 0. The van der Waals surface area contributed by atoms with Gasteiger partial charge in [-0.05, 0) is 13.8 Å². The van der Waals surface area contributed by atoms with Crippen molar-refractivity contribution in [3.05, 3.63) is 0 Å². The van der Waals surface area contributed by atoms with Crippen LogP contribution in [0.2, 0.25) is 0 Å². The van der Waals surface area contributed by atoms with Gasteiger partial charge in [-0.15, -0.1) is 0 Å². The van der Waals surface area contributed by atoms with Gasteiger partial charge in [0.1, 0.15) is 0 Å². The number of rotatable bonds is 0. The van der Waals surface area contributed by atoms with Crippen molar-refractivity contribution in [1.29, 1.82) is 0 Å². The van der Waals surface area contributed by atoms with Gasteiger partial charge in [-0.2, -0.15) is 0 Å². The van der Waals surface area contributed by atoms with Crippen molar-refractivity contribution >= 4 is 28.4 Å². The van der Waals surface area contributed by atoms with E-state index in [1.54, 1.807) is 0 Å². The van der Waals surface area contributed by atoms with Crippen LogP contribution in [0.3, 0.4) is 0 Å². The number of aliphatic carboxylic acids is 2. The number of hydrogen-bond acceptors (Lipinski definition) is 5. The Morgan fingerprint density at radius 2 is 1.10 bits per heavy atom. The molecule has 0 aliphatic carbocycles. The molecule has 0 aromatic heterocycles. The van der Waals surface area contributed by atoms with Gasteiger partial charge in [-0.3, -0.25) is 0 Å². The molecule has 0 bridgehead atoms.